The van der Waals surface area contributed by atoms with E-state index in [-0.39, 0.29) is 0 Å². The normalized spacial score (nSPS) is 19.5. The van der Waals surface area contributed by atoms with Crippen molar-refractivity contribution in [3.8, 4) is 5.75 Å². The van der Waals surface area contributed by atoms with Gasteiger partial charge in [-0.15, -0.1) is 0 Å². The third kappa shape index (κ3) is 2.75. The average molecular weight is 255 g/mol. The van der Waals surface area contributed by atoms with Crippen LogP contribution in [0.4, 0.5) is 0 Å². The first-order valence-corrected chi connectivity index (χ1v) is 6.47. The summed E-state index contributed by atoms with van der Waals surface area (Å²) in [5.41, 5.74) is 0.0915. The summed E-state index contributed by atoms with van der Waals surface area (Å²) in [4.78, 5) is 0. The standard InChI is InChI=1S/C14H19ClO2/c1-14(16,9-10-4-3-5-10)11-6-7-12(15)13(8-11)17-2/h6-8,10,16H,3-5,9H2,1-2H3. The molecule has 1 fully saturated rings. The molecular weight excluding hydrogens is 236 g/mol. The van der Waals surface area contributed by atoms with Gasteiger partial charge < -0.3 is 9.84 Å². The van der Waals surface area contributed by atoms with E-state index in [1.165, 1.54) is 19.3 Å². The van der Waals surface area contributed by atoms with Gasteiger partial charge in [-0.1, -0.05) is 36.9 Å². The second kappa shape index (κ2) is 4.87. The van der Waals surface area contributed by atoms with E-state index < -0.39 is 5.60 Å². The smallest absolute Gasteiger partial charge is 0.137 e. The van der Waals surface area contributed by atoms with Crippen LogP contribution in [-0.4, -0.2) is 12.2 Å². The minimum absolute atomic E-state index is 0.579. The zero-order valence-electron chi connectivity index (χ0n) is 10.4. The molecule has 1 atom stereocenters. The van der Waals surface area contributed by atoms with Crippen molar-refractivity contribution in [3.63, 3.8) is 0 Å². The Morgan fingerprint density at radius 1 is 1.47 bits per heavy atom. The third-order valence-electron chi connectivity index (χ3n) is 3.68. The summed E-state index contributed by atoms with van der Waals surface area (Å²) in [7, 11) is 1.59. The van der Waals surface area contributed by atoms with Crippen molar-refractivity contribution in [2.24, 2.45) is 5.92 Å². The van der Waals surface area contributed by atoms with Crippen LogP contribution in [-0.2, 0) is 5.60 Å². The van der Waals surface area contributed by atoms with E-state index in [2.05, 4.69) is 0 Å². The summed E-state index contributed by atoms with van der Waals surface area (Å²) in [5.74, 6) is 1.28. The van der Waals surface area contributed by atoms with Gasteiger partial charge in [-0.2, -0.15) is 0 Å². The van der Waals surface area contributed by atoms with Gasteiger partial charge in [0.05, 0.1) is 17.7 Å². The lowest BCUT2D eigenvalue weighted by molar-refractivity contribution is 0.0160. The highest BCUT2D eigenvalue weighted by molar-refractivity contribution is 6.32. The van der Waals surface area contributed by atoms with Gasteiger partial charge in [-0.05, 0) is 37.0 Å². The first-order valence-electron chi connectivity index (χ1n) is 6.09. The summed E-state index contributed by atoms with van der Waals surface area (Å²) in [6.45, 7) is 1.87. The molecule has 0 heterocycles. The van der Waals surface area contributed by atoms with Crippen molar-refractivity contribution in [3.05, 3.63) is 28.8 Å². The zero-order valence-corrected chi connectivity index (χ0v) is 11.1. The van der Waals surface area contributed by atoms with Crippen molar-refractivity contribution in [1.82, 2.24) is 0 Å². The molecule has 0 aliphatic heterocycles. The van der Waals surface area contributed by atoms with E-state index in [0.717, 1.165) is 12.0 Å². The third-order valence-corrected chi connectivity index (χ3v) is 4.00. The molecule has 2 rings (SSSR count). The molecule has 0 saturated heterocycles. The summed E-state index contributed by atoms with van der Waals surface area (Å²) < 4.78 is 5.18. The van der Waals surface area contributed by atoms with Crippen LogP contribution < -0.4 is 4.74 Å². The maximum Gasteiger partial charge on any atom is 0.137 e. The van der Waals surface area contributed by atoms with Crippen LogP contribution in [0.15, 0.2) is 18.2 Å². The predicted molar refractivity (Wildman–Crippen MR) is 69.5 cm³/mol. The molecule has 1 N–H and O–H groups in total. The van der Waals surface area contributed by atoms with E-state index in [1.54, 1.807) is 13.2 Å². The molecule has 1 aromatic carbocycles. The molecule has 0 bridgehead atoms. The van der Waals surface area contributed by atoms with Gasteiger partial charge in [-0.25, -0.2) is 0 Å². The molecule has 3 heteroatoms. The second-order valence-corrected chi connectivity index (χ2v) is 5.53. The molecular formula is C14H19ClO2. The predicted octanol–water partition coefficient (Wildman–Crippen LogP) is 3.75. The molecule has 17 heavy (non-hydrogen) atoms. The maximum atomic E-state index is 10.5. The van der Waals surface area contributed by atoms with Gasteiger partial charge in [-0.3, -0.25) is 0 Å². The Kier molecular flexibility index (Phi) is 3.64. The van der Waals surface area contributed by atoms with E-state index in [0.29, 0.717) is 16.7 Å². The maximum absolute atomic E-state index is 10.5. The highest BCUT2D eigenvalue weighted by Gasteiger charge is 2.30. The number of rotatable bonds is 4. The first-order chi connectivity index (χ1) is 8.03. The summed E-state index contributed by atoms with van der Waals surface area (Å²) in [5, 5.41) is 11.1. The topological polar surface area (TPSA) is 29.5 Å². The fraction of sp³-hybridized carbons (Fsp3) is 0.571. The summed E-state index contributed by atoms with van der Waals surface area (Å²) >= 11 is 5.98. The van der Waals surface area contributed by atoms with Gasteiger partial charge in [0.2, 0.25) is 0 Å². The lowest BCUT2D eigenvalue weighted by Gasteiger charge is -2.34. The van der Waals surface area contributed by atoms with E-state index in [1.807, 2.05) is 19.1 Å². The van der Waals surface area contributed by atoms with Crippen molar-refractivity contribution >= 4 is 11.6 Å². The van der Waals surface area contributed by atoms with Crippen LogP contribution >= 0.6 is 11.6 Å². The summed E-state index contributed by atoms with van der Waals surface area (Å²) in [6.07, 6.45) is 4.59. The van der Waals surface area contributed by atoms with Gasteiger partial charge >= 0.3 is 0 Å². The minimum atomic E-state index is -0.789. The van der Waals surface area contributed by atoms with Gasteiger partial charge in [0, 0.05) is 0 Å². The minimum Gasteiger partial charge on any atom is -0.495 e. The number of halogens is 1. The second-order valence-electron chi connectivity index (χ2n) is 5.12. The fourth-order valence-corrected chi connectivity index (χ4v) is 2.57. The lowest BCUT2D eigenvalue weighted by Crippen LogP contribution is -2.27. The lowest BCUT2D eigenvalue weighted by atomic mass is 9.76. The fourth-order valence-electron chi connectivity index (χ4n) is 2.37. The highest BCUT2D eigenvalue weighted by atomic mass is 35.5. The zero-order chi connectivity index (χ0) is 12.5. The Morgan fingerprint density at radius 3 is 2.71 bits per heavy atom. The van der Waals surface area contributed by atoms with Crippen LogP contribution in [0.25, 0.3) is 0 Å². The van der Waals surface area contributed by atoms with Crippen molar-refractivity contribution in [1.29, 1.82) is 0 Å². The molecule has 1 aliphatic carbocycles. The SMILES string of the molecule is COc1cc(C(C)(O)CC2CCC2)ccc1Cl. The van der Waals surface area contributed by atoms with Crippen molar-refractivity contribution in [2.45, 2.75) is 38.2 Å². The molecule has 1 aromatic rings. The Labute approximate surface area is 108 Å². The van der Waals surface area contributed by atoms with Crippen molar-refractivity contribution < 1.29 is 9.84 Å². The number of ether oxygens (including phenoxy) is 1. The Balaban J connectivity index is 2.18. The first kappa shape index (κ1) is 12.7. The van der Waals surface area contributed by atoms with Gasteiger partial charge in [0.15, 0.2) is 0 Å². The van der Waals surface area contributed by atoms with Crippen LogP contribution in [0.2, 0.25) is 5.02 Å². The number of hydrogen-bond acceptors (Lipinski definition) is 2. The van der Waals surface area contributed by atoms with Crippen LogP contribution in [0.1, 0.15) is 38.2 Å². The molecule has 1 aliphatic rings. The van der Waals surface area contributed by atoms with Gasteiger partial charge in [0.25, 0.3) is 0 Å². The molecule has 0 radical (unpaired) electrons. The number of aliphatic hydroxyl groups is 1. The largest absolute Gasteiger partial charge is 0.495 e. The molecule has 0 spiro atoms. The summed E-state index contributed by atoms with van der Waals surface area (Å²) in [6, 6.07) is 5.50. The van der Waals surface area contributed by atoms with Crippen molar-refractivity contribution in [2.75, 3.05) is 7.11 Å². The number of hydrogen-bond donors (Lipinski definition) is 1. The Morgan fingerprint density at radius 2 is 2.18 bits per heavy atom. The molecule has 1 saturated carbocycles. The molecule has 0 amide bonds. The monoisotopic (exact) mass is 254 g/mol. The number of benzene rings is 1. The molecule has 0 aromatic heterocycles. The Hall–Kier alpha value is -0.730. The van der Waals surface area contributed by atoms with Crippen LogP contribution in [0, 0.1) is 5.92 Å². The molecule has 94 valence electrons. The number of methoxy groups -OCH3 is 1. The van der Waals surface area contributed by atoms with Crippen LogP contribution in [0.3, 0.4) is 0 Å². The van der Waals surface area contributed by atoms with E-state index >= 15 is 0 Å². The average Bonchev–Trinajstić information content (AvgIpc) is 2.24. The molecule has 2 nitrogen and oxygen atoms in total. The quantitative estimate of drug-likeness (QED) is 0.887. The highest BCUT2D eigenvalue weighted by Crippen LogP contribution is 2.39. The van der Waals surface area contributed by atoms with Gasteiger partial charge in [0.1, 0.15) is 5.75 Å². The molecule has 1 unspecified atom stereocenters. The Bertz CT molecular complexity index is 397. The van der Waals surface area contributed by atoms with E-state index in [4.69, 9.17) is 16.3 Å². The van der Waals surface area contributed by atoms with E-state index in [9.17, 15) is 5.11 Å². The van der Waals surface area contributed by atoms with Crippen LogP contribution in [0.5, 0.6) is 5.75 Å².